The number of sulfonamides is 1. The lowest BCUT2D eigenvalue weighted by molar-refractivity contribution is 0.0391. The molecule has 2 N–H and O–H groups in total. The van der Waals surface area contributed by atoms with Crippen molar-refractivity contribution in [1.29, 1.82) is 0 Å². The van der Waals surface area contributed by atoms with Crippen molar-refractivity contribution in [2.24, 2.45) is 11.1 Å². The lowest BCUT2D eigenvalue weighted by Gasteiger charge is -2.14. The SMILES string of the molecule is CCCC(COCCOCC)CS(N)(=O)=O. The average Bonchev–Trinajstić information content (AvgIpc) is 2.15. The summed E-state index contributed by atoms with van der Waals surface area (Å²) in [5, 5.41) is 5.01. The van der Waals surface area contributed by atoms with E-state index in [0.29, 0.717) is 26.4 Å². The van der Waals surface area contributed by atoms with E-state index in [2.05, 4.69) is 0 Å². The smallest absolute Gasteiger partial charge is 0.209 e. The van der Waals surface area contributed by atoms with Gasteiger partial charge in [0.25, 0.3) is 0 Å². The molecule has 1 atom stereocenters. The Bertz CT molecular complexity index is 254. The Morgan fingerprint density at radius 1 is 1.19 bits per heavy atom. The molecule has 1 unspecified atom stereocenters. The van der Waals surface area contributed by atoms with Gasteiger partial charge in [0.15, 0.2) is 0 Å². The quantitative estimate of drug-likeness (QED) is 0.583. The third-order valence-corrected chi connectivity index (χ3v) is 3.03. The van der Waals surface area contributed by atoms with Crippen LogP contribution in [0.15, 0.2) is 0 Å². The van der Waals surface area contributed by atoms with Crippen molar-refractivity contribution in [2.45, 2.75) is 26.7 Å². The second-order valence-corrected chi connectivity index (χ2v) is 5.42. The molecule has 0 saturated heterocycles. The van der Waals surface area contributed by atoms with Gasteiger partial charge in [-0.3, -0.25) is 0 Å². The van der Waals surface area contributed by atoms with Gasteiger partial charge >= 0.3 is 0 Å². The molecule has 0 aliphatic rings. The Kier molecular flexibility index (Phi) is 8.83. The van der Waals surface area contributed by atoms with Crippen LogP contribution in [0.4, 0.5) is 0 Å². The van der Waals surface area contributed by atoms with Gasteiger partial charge in [0.1, 0.15) is 0 Å². The highest BCUT2D eigenvalue weighted by Crippen LogP contribution is 2.08. The van der Waals surface area contributed by atoms with Gasteiger partial charge in [-0.25, -0.2) is 13.6 Å². The predicted molar refractivity (Wildman–Crippen MR) is 63.7 cm³/mol. The Morgan fingerprint density at radius 3 is 2.31 bits per heavy atom. The van der Waals surface area contributed by atoms with Gasteiger partial charge in [-0.1, -0.05) is 13.3 Å². The summed E-state index contributed by atoms with van der Waals surface area (Å²) in [5.41, 5.74) is 0. The van der Waals surface area contributed by atoms with Crippen LogP contribution in [0, 0.1) is 5.92 Å². The third-order valence-electron chi connectivity index (χ3n) is 2.09. The first kappa shape index (κ1) is 15.8. The Hall–Kier alpha value is -0.170. The van der Waals surface area contributed by atoms with E-state index in [4.69, 9.17) is 14.6 Å². The van der Waals surface area contributed by atoms with E-state index in [9.17, 15) is 8.42 Å². The van der Waals surface area contributed by atoms with Crippen LogP contribution < -0.4 is 5.14 Å². The van der Waals surface area contributed by atoms with Crippen molar-refractivity contribution < 1.29 is 17.9 Å². The van der Waals surface area contributed by atoms with Crippen LogP contribution in [0.1, 0.15) is 26.7 Å². The highest BCUT2D eigenvalue weighted by Gasteiger charge is 2.15. The first-order valence-corrected chi connectivity index (χ1v) is 7.37. The molecule has 0 aliphatic carbocycles. The number of nitrogens with two attached hydrogens (primary N) is 1. The summed E-state index contributed by atoms with van der Waals surface area (Å²) in [6, 6.07) is 0. The molecule has 5 nitrogen and oxygen atoms in total. The molecule has 0 rings (SSSR count). The third kappa shape index (κ3) is 10.4. The van der Waals surface area contributed by atoms with Crippen molar-refractivity contribution >= 4 is 10.0 Å². The summed E-state index contributed by atoms with van der Waals surface area (Å²) in [6.45, 7) is 6.07. The second kappa shape index (κ2) is 8.92. The average molecular weight is 253 g/mol. The molecule has 6 heteroatoms. The van der Waals surface area contributed by atoms with Gasteiger partial charge < -0.3 is 9.47 Å². The van der Waals surface area contributed by atoms with Gasteiger partial charge in [0, 0.05) is 6.61 Å². The fourth-order valence-electron chi connectivity index (χ4n) is 1.46. The molecule has 0 spiro atoms. The zero-order valence-electron chi connectivity index (χ0n) is 10.1. The molecule has 0 aromatic carbocycles. The van der Waals surface area contributed by atoms with E-state index < -0.39 is 10.0 Å². The number of ether oxygens (including phenoxy) is 2. The van der Waals surface area contributed by atoms with Gasteiger partial charge in [-0.2, -0.15) is 0 Å². The fourth-order valence-corrected chi connectivity index (χ4v) is 2.38. The summed E-state index contributed by atoms with van der Waals surface area (Å²) >= 11 is 0. The Balaban J connectivity index is 3.77. The molecule has 16 heavy (non-hydrogen) atoms. The van der Waals surface area contributed by atoms with E-state index in [1.165, 1.54) is 0 Å². The standard InChI is InChI=1S/C10H23NO4S/c1-3-5-10(9-16(11,12)13)8-15-7-6-14-4-2/h10H,3-9H2,1-2H3,(H2,11,12,13). The maximum Gasteiger partial charge on any atom is 0.209 e. The lowest BCUT2D eigenvalue weighted by atomic mass is 10.1. The zero-order valence-corrected chi connectivity index (χ0v) is 11.0. The minimum atomic E-state index is -3.40. The van der Waals surface area contributed by atoms with E-state index >= 15 is 0 Å². The second-order valence-electron chi connectivity index (χ2n) is 3.76. The molecular formula is C10H23NO4S. The van der Waals surface area contributed by atoms with Gasteiger partial charge in [0.2, 0.25) is 10.0 Å². The molecular weight excluding hydrogens is 230 g/mol. The molecule has 0 aromatic rings. The molecule has 0 fully saturated rings. The summed E-state index contributed by atoms with van der Waals surface area (Å²) in [7, 11) is -3.40. The first-order valence-electron chi connectivity index (χ1n) is 5.65. The molecule has 0 heterocycles. The lowest BCUT2D eigenvalue weighted by Crippen LogP contribution is -2.26. The molecule has 0 bridgehead atoms. The van der Waals surface area contributed by atoms with Crippen molar-refractivity contribution in [3.63, 3.8) is 0 Å². The molecule has 0 amide bonds. The van der Waals surface area contributed by atoms with Crippen LogP contribution in [0.25, 0.3) is 0 Å². The summed E-state index contributed by atoms with van der Waals surface area (Å²) in [4.78, 5) is 0. The number of primary sulfonamides is 1. The minimum Gasteiger partial charge on any atom is -0.379 e. The molecule has 98 valence electrons. The normalized spacial score (nSPS) is 13.9. The number of rotatable bonds is 10. The van der Waals surface area contributed by atoms with Crippen molar-refractivity contribution in [3.05, 3.63) is 0 Å². The predicted octanol–water partition coefficient (Wildman–Crippen LogP) is 0.744. The first-order chi connectivity index (χ1) is 7.49. The highest BCUT2D eigenvalue weighted by molar-refractivity contribution is 7.89. The highest BCUT2D eigenvalue weighted by atomic mass is 32.2. The van der Waals surface area contributed by atoms with Crippen LogP contribution in [0.5, 0.6) is 0 Å². The van der Waals surface area contributed by atoms with Gasteiger partial charge in [0.05, 0.1) is 25.6 Å². The Labute approximate surface area is 98.4 Å². The number of hydrogen-bond acceptors (Lipinski definition) is 4. The Morgan fingerprint density at radius 2 is 1.81 bits per heavy atom. The van der Waals surface area contributed by atoms with Crippen molar-refractivity contribution in [3.8, 4) is 0 Å². The summed E-state index contributed by atoms with van der Waals surface area (Å²) < 4.78 is 32.4. The van der Waals surface area contributed by atoms with Crippen LogP contribution in [0.2, 0.25) is 0 Å². The van der Waals surface area contributed by atoms with Crippen LogP contribution in [0.3, 0.4) is 0 Å². The number of hydrogen-bond donors (Lipinski definition) is 1. The zero-order chi connectivity index (χ0) is 12.4. The molecule has 0 radical (unpaired) electrons. The maximum absolute atomic E-state index is 10.9. The summed E-state index contributed by atoms with van der Waals surface area (Å²) in [5.74, 6) is -0.0169. The molecule has 0 aliphatic heterocycles. The topological polar surface area (TPSA) is 78.6 Å². The van der Waals surface area contributed by atoms with Crippen molar-refractivity contribution in [2.75, 3.05) is 32.2 Å². The molecule has 0 saturated carbocycles. The van der Waals surface area contributed by atoms with Gasteiger partial charge in [-0.05, 0) is 19.3 Å². The largest absolute Gasteiger partial charge is 0.379 e. The fraction of sp³-hybridized carbons (Fsp3) is 1.00. The van der Waals surface area contributed by atoms with E-state index in [0.717, 1.165) is 12.8 Å². The van der Waals surface area contributed by atoms with E-state index in [1.807, 2.05) is 13.8 Å². The van der Waals surface area contributed by atoms with E-state index in [-0.39, 0.29) is 11.7 Å². The van der Waals surface area contributed by atoms with Gasteiger partial charge in [-0.15, -0.1) is 0 Å². The monoisotopic (exact) mass is 253 g/mol. The van der Waals surface area contributed by atoms with E-state index in [1.54, 1.807) is 0 Å². The molecule has 0 aromatic heterocycles. The maximum atomic E-state index is 10.9. The summed E-state index contributed by atoms with van der Waals surface area (Å²) in [6.07, 6.45) is 1.74. The minimum absolute atomic E-state index is 0.00449. The van der Waals surface area contributed by atoms with Crippen LogP contribution in [-0.4, -0.2) is 40.6 Å². The van der Waals surface area contributed by atoms with Crippen molar-refractivity contribution in [1.82, 2.24) is 0 Å². The van der Waals surface area contributed by atoms with Crippen LogP contribution >= 0.6 is 0 Å². The van der Waals surface area contributed by atoms with Crippen LogP contribution in [-0.2, 0) is 19.5 Å².